The van der Waals surface area contributed by atoms with Gasteiger partial charge in [-0.25, -0.2) is 9.28 Å². The number of allylic oxidation sites excluding steroid dienone is 2. The Hall–Kier alpha value is -1.93. The zero-order valence-corrected chi connectivity index (χ0v) is 21.3. The summed E-state index contributed by atoms with van der Waals surface area (Å²) in [5.41, 5.74) is 10.0. The number of nitrogens with zero attached hydrogens (tertiary/aromatic N) is 1. The van der Waals surface area contributed by atoms with E-state index >= 15 is 0 Å². The summed E-state index contributed by atoms with van der Waals surface area (Å²) in [6.45, 7) is 2.39. The normalized spacial score (nSPS) is 11.2. The maximum Gasteiger partial charge on any atom is 0.413 e. The van der Waals surface area contributed by atoms with Crippen LogP contribution in [-0.2, 0) is 14.3 Å². The Balaban J connectivity index is 0. The van der Waals surface area contributed by atoms with Crippen LogP contribution >= 0.6 is 0 Å². The number of urea groups is 1. The van der Waals surface area contributed by atoms with Gasteiger partial charge in [-0.2, -0.15) is 0 Å². The van der Waals surface area contributed by atoms with Gasteiger partial charge in [0.05, 0.1) is 33.2 Å². The lowest BCUT2D eigenvalue weighted by Crippen LogP contribution is -2.54. The highest BCUT2D eigenvalue weighted by molar-refractivity contribution is 5.71. The zero-order valence-electron chi connectivity index (χ0n) is 21.3. The number of likely N-dealkylation sites (N-methyl/N-ethyl adjacent to an activating group) is 1. The molecule has 0 aliphatic heterocycles. The van der Waals surface area contributed by atoms with Crippen LogP contribution in [0.1, 0.15) is 96.8 Å². The van der Waals surface area contributed by atoms with Gasteiger partial charge in [0.25, 0.3) is 0 Å². The lowest BCUT2D eigenvalue weighted by Gasteiger charge is -2.23. The van der Waals surface area contributed by atoms with Gasteiger partial charge in [0.1, 0.15) is 6.54 Å². The lowest BCUT2D eigenvalue weighted by atomic mass is 10.1. The molecule has 0 aromatic rings. The number of carbonyl (C=O) groups is 3. The number of quaternary nitrogens is 1. The molecule has 0 saturated heterocycles. The summed E-state index contributed by atoms with van der Waals surface area (Å²) in [4.78, 5) is 31.3. The number of esters is 1. The van der Waals surface area contributed by atoms with Crippen LogP contribution in [0.15, 0.2) is 12.2 Å². The van der Waals surface area contributed by atoms with Gasteiger partial charge < -0.3 is 26.1 Å². The monoisotopic (exact) mass is 471 g/mol. The molecule has 0 radical (unpaired) electrons. The molecule has 8 nitrogen and oxygen atoms in total. The maximum atomic E-state index is 10.8. The Labute approximate surface area is 201 Å². The lowest BCUT2D eigenvalue weighted by molar-refractivity contribution is -0.802. The van der Waals surface area contributed by atoms with Crippen LogP contribution in [0, 0.1) is 0 Å². The molecule has 0 unspecified atom stereocenters. The first-order chi connectivity index (χ1) is 15.7. The Morgan fingerprint density at radius 3 is 1.67 bits per heavy atom. The summed E-state index contributed by atoms with van der Waals surface area (Å²) >= 11 is 0. The van der Waals surface area contributed by atoms with E-state index in [2.05, 4.69) is 19.1 Å². The number of carboxylic acids is 1. The van der Waals surface area contributed by atoms with Crippen molar-refractivity contribution in [1.82, 2.24) is 0 Å². The van der Waals surface area contributed by atoms with E-state index in [-0.39, 0.29) is 17.0 Å². The number of aliphatic carboxylic acids is 1. The first-order valence-corrected chi connectivity index (χ1v) is 12.5. The third-order valence-corrected chi connectivity index (χ3v) is 5.21. The van der Waals surface area contributed by atoms with E-state index < -0.39 is 18.5 Å². The van der Waals surface area contributed by atoms with Crippen LogP contribution in [0.2, 0.25) is 0 Å². The van der Waals surface area contributed by atoms with Crippen molar-refractivity contribution in [3.8, 4) is 0 Å². The van der Waals surface area contributed by atoms with Crippen molar-refractivity contribution in [2.24, 2.45) is 11.5 Å². The minimum Gasteiger partial charge on any atom is -0.544 e. The average Bonchev–Trinajstić information content (AvgIpc) is 2.75. The third kappa shape index (κ3) is 26.2. The fourth-order valence-electron chi connectivity index (χ4n) is 3.00. The molecular formula is C25H49N3O5. The molecule has 2 amide bonds. The molecule has 33 heavy (non-hydrogen) atoms. The van der Waals surface area contributed by atoms with E-state index in [1.807, 2.05) is 0 Å². The van der Waals surface area contributed by atoms with E-state index in [1.165, 1.54) is 91.1 Å². The highest BCUT2D eigenvalue weighted by atomic mass is 16.5. The Bertz CT molecular complexity index is 536. The van der Waals surface area contributed by atoms with Crippen LogP contribution in [-0.4, -0.2) is 56.2 Å². The fraction of sp³-hybridized carbons (Fsp3) is 0.800. The van der Waals surface area contributed by atoms with E-state index in [4.69, 9.17) is 16.2 Å². The van der Waals surface area contributed by atoms with E-state index in [0.29, 0.717) is 6.61 Å². The van der Waals surface area contributed by atoms with Gasteiger partial charge in [-0.1, -0.05) is 76.9 Å². The van der Waals surface area contributed by atoms with Crippen molar-refractivity contribution in [2.75, 3.05) is 33.8 Å². The average molecular weight is 472 g/mol. The van der Waals surface area contributed by atoms with E-state index in [9.17, 15) is 19.5 Å². The second-order valence-electron chi connectivity index (χ2n) is 8.92. The third-order valence-electron chi connectivity index (χ3n) is 5.21. The van der Waals surface area contributed by atoms with Crippen molar-refractivity contribution in [1.29, 1.82) is 0 Å². The molecule has 4 N–H and O–H groups in total. The molecule has 194 valence electrons. The fourth-order valence-corrected chi connectivity index (χ4v) is 3.00. The molecule has 0 aromatic heterocycles. The zero-order chi connectivity index (χ0) is 25.4. The van der Waals surface area contributed by atoms with Crippen LogP contribution in [0.4, 0.5) is 4.79 Å². The second-order valence-corrected chi connectivity index (χ2v) is 8.92. The van der Waals surface area contributed by atoms with Crippen molar-refractivity contribution in [2.45, 2.75) is 96.8 Å². The minimum absolute atomic E-state index is 0.00756. The largest absolute Gasteiger partial charge is 0.544 e. The van der Waals surface area contributed by atoms with Crippen molar-refractivity contribution in [3.63, 3.8) is 0 Å². The first kappa shape index (κ1) is 33.2. The summed E-state index contributed by atoms with van der Waals surface area (Å²) in [5, 5.41) is 9.98. The predicted octanol–water partition coefficient (Wildman–Crippen LogP) is 3.42. The molecule has 8 heteroatoms. The van der Waals surface area contributed by atoms with Gasteiger partial charge in [0, 0.05) is 0 Å². The summed E-state index contributed by atoms with van der Waals surface area (Å²) in [7, 11) is 2.80. The number of primary amides is 1. The molecule has 0 aromatic carbocycles. The van der Waals surface area contributed by atoms with Gasteiger partial charge in [-0.15, -0.1) is 0 Å². The van der Waals surface area contributed by atoms with Gasteiger partial charge in [0.15, 0.2) is 0 Å². The van der Waals surface area contributed by atoms with E-state index in [0.717, 1.165) is 12.8 Å². The van der Waals surface area contributed by atoms with Crippen LogP contribution < -0.4 is 16.6 Å². The molecule has 0 bridgehead atoms. The Kier molecular flexibility index (Phi) is 23.4. The van der Waals surface area contributed by atoms with Gasteiger partial charge in [-0.3, -0.25) is 4.79 Å². The number of unbranched alkanes of at least 4 members (excludes halogenated alkanes) is 12. The minimum atomic E-state index is -1.29. The molecule has 0 aliphatic rings. The Morgan fingerprint density at radius 1 is 0.818 bits per heavy atom. The quantitative estimate of drug-likeness (QED) is 0.128. The van der Waals surface area contributed by atoms with E-state index in [1.54, 1.807) is 0 Å². The topological polar surface area (TPSA) is 136 Å². The van der Waals surface area contributed by atoms with Crippen LogP contribution in [0.3, 0.4) is 0 Å². The number of amides is 2. The number of hydrogen-bond donors (Lipinski definition) is 2. The molecule has 0 saturated carbocycles. The maximum absolute atomic E-state index is 10.8. The number of rotatable bonds is 19. The molecule has 0 atom stereocenters. The van der Waals surface area contributed by atoms with Crippen molar-refractivity contribution >= 4 is 18.0 Å². The van der Waals surface area contributed by atoms with Gasteiger partial charge in [-0.05, 0) is 32.1 Å². The number of nitrogens with two attached hydrogens (primary N) is 2. The first-order valence-electron chi connectivity index (χ1n) is 12.5. The van der Waals surface area contributed by atoms with Gasteiger partial charge in [0.2, 0.25) is 0 Å². The molecule has 0 fully saturated rings. The smallest absolute Gasteiger partial charge is 0.413 e. The molecule has 0 heterocycles. The molecular weight excluding hydrogens is 422 g/mol. The number of carbonyl (C=O) groups excluding carboxylic acids is 3. The standard InChI is InChI=1S/C20H39NO2.C5H10N2O3/c1-2-3-4-5-6-7-8-9-10-11-12-13-14-15-16-17-18-23-20(22)19-21;1-7(2,5(6)10)3-4(8)9/h9-10H,2-8,11-19,21H2,1H3;3H2,1-2H3,(H2-,6,8,9,10)/b10-9-;. The van der Waals surface area contributed by atoms with Gasteiger partial charge >= 0.3 is 12.0 Å². The predicted molar refractivity (Wildman–Crippen MR) is 131 cm³/mol. The van der Waals surface area contributed by atoms with Crippen molar-refractivity contribution < 1.29 is 28.7 Å². The van der Waals surface area contributed by atoms with Crippen LogP contribution in [0.25, 0.3) is 0 Å². The summed E-state index contributed by atoms with van der Waals surface area (Å²) in [6.07, 6.45) is 22.8. The number of hydrogen-bond acceptors (Lipinski definition) is 6. The summed E-state index contributed by atoms with van der Waals surface area (Å²) < 4.78 is 4.55. The molecule has 0 rings (SSSR count). The second kappa shape index (κ2) is 23.2. The SMILES string of the molecule is CCCCCCCC/C=C\CCCCCCCCOC(=O)CN.C[N+](C)(CC(=O)[O-])C(N)=O. The van der Waals surface area contributed by atoms with Crippen LogP contribution in [0.5, 0.6) is 0 Å². The number of carboxylic acid groups (broad SMARTS) is 1. The Morgan fingerprint density at radius 2 is 1.27 bits per heavy atom. The molecule has 0 aliphatic carbocycles. The van der Waals surface area contributed by atoms with Crippen molar-refractivity contribution in [3.05, 3.63) is 12.2 Å². The highest BCUT2D eigenvalue weighted by Crippen LogP contribution is 2.10. The summed E-state index contributed by atoms with van der Waals surface area (Å²) in [5.74, 6) is -1.58. The highest BCUT2D eigenvalue weighted by Gasteiger charge is 2.22. The molecule has 0 spiro atoms. The number of ether oxygens (including phenoxy) is 1. The summed E-state index contributed by atoms with van der Waals surface area (Å²) in [6, 6.07) is -0.691.